The topological polar surface area (TPSA) is 84.9 Å². The van der Waals surface area contributed by atoms with Crippen molar-refractivity contribution in [2.75, 3.05) is 13.1 Å². The summed E-state index contributed by atoms with van der Waals surface area (Å²) in [6.07, 6.45) is -0.408. The van der Waals surface area contributed by atoms with E-state index in [4.69, 9.17) is 4.74 Å². The Labute approximate surface area is 186 Å². The Morgan fingerprint density at radius 1 is 1.12 bits per heavy atom. The molecule has 1 saturated heterocycles. The lowest BCUT2D eigenvalue weighted by Crippen LogP contribution is -2.48. The zero-order valence-corrected chi connectivity index (χ0v) is 18.8. The molecule has 0 radical (unpaired) electrons. The minimum atomic E-state index is -3.70. The van der Waals surface area contributed by atoms with Gasteiger partial charge in [-0.15, -0.1) is 0 Å². The molecular weight excluding hydrogens is 442 g/mol. The molecule has 0 saturated carbocycles. The number of carbonyl (C=O) groups excluding carboxylic acids is 1. The Morgan fingerprint density at radius 3 is 2.34 bits per heavy atom. The van der Waals surface area contributed by atoms with Crippen LogP contribution in [0.4, 0.5) is 8.78 Å². The van der Waals surface area contributed by atoms with Crippen LogP contribution in [0.3, 0.4) is 0 Å². The van der Waals surface area contributed by atoms with E-state index in [1.165, 1.54) is 40.7 Å². The molecule has 1 N–H and O–H groups in total. The van der Waals surface area contributed by atoms with Crippen LogP contribution in [0.1, 0.15) is 42.7 Å². The summed E-state index contributed by atoms with van der Waals surface area (Å²) in [5.74, 6) is -0.421. The Hall–Kier alpha value is -2.56. The summed E-state index contributed by atoms with van der Waals surface area (Å²) in [6.45, 7) is 2.94. The van der Waals surface area contributed by atoms with Crippen LogP contribution in [0.25, 0.3) is 0 Å². The van der Waals surface area contributed by atoms with Gasteiger partial charge < -0.3 is 14.8 Å². The van der Waals surface area contributed by atoms with E-state index in [0.717, 1.165) is 0 Å². The van der Waals surface area contributed by atoms with Crippen LogP contribution in [0.5, 0.6) is 5.75 Å². The molecule has 174 valence electrons. The van der Waals surface area contributed by atoms with E-state index in [2.05, 4.69) is 10.1 Å². The van der Waals surface area contributed by atoms with Gasteiger partial charge in [-0.3, -0.25) is 4.79 Å². The number of hydrogen-bond donors (Lipinski definition) is 1. The number of hydrogen-bond acceptors (Lipinski definition) is 5. The van der Waals surface area contributed by atoms with Crippen LogP contribution in [-0.4, -0.2) is 50.5 Å². The van der Waals surface area contributed by atoms with E-state index < -0.39 is 28.6 Å². The Morgan fingerprint density at radius 2 is 1.75 bits per heavy atom. The number of nitrogens with zero attached hydrogens (tertiary/aromatic N) is 1. The number of rotatable bonds is 7. The van der Waals surface area contributed by atoms with Crippen LogP contribution >= 0.6 is 0 Å². The predicted octanol–water partition coefficient (Wildman–Crippen LogP) is 3.58. The first-order chi connectivity index (χ1) is 15.1. The molecule has 7 nitrogen and oxygen atoms in total. The molecule has 3 rings (SSSR count). The minimum absolute atomic E-state index is 0.0000852. The van der Waals surface area contributed by atoms with Gasteiger partial charge in [0.05, 0.1) is 23.1 Å². The maximum atomic E-state index is 12.9. The van der Waals surface area contributed by atoms with Gasteiger partial charge in [-0.1, -0.05) is 12.1 Å². The number of alkyl halides is 2. The summed E-state index contributed by atoms with van der Waals surface area (Å²) >= 11 is 0. The standard InChI is InChI=1S/C22H26F2N2O5S/c1-14-12-26(13-15(2)30-14)32(28,29)20-9-7-17(8-10-20)21(27)25-16(3)18-5-4-6-19(11-18)31-22(23)24/h4-11,14-16,22H,12-13H2,1-3H3,(H,25,27). The molecule has 1 heterocycles. The highest BCUT2D eigenvalue weighted by Crippen LogP contribution is 2.23. The van der Waals surface area contributed by atoms with Crippen molar-refractivity contribution in [3.8, 4) is 5.75 Å². The SMILES string of the molecule is CC1CN(S(=O)(=O)c2ccc(C(=O)NC(C)c3cccc(OC(F)F)c3)cc2)CC(C)O1. The van der Waals surface area contributed by atoms with E-state index in [-0.39, 0.29) is 41.5 Å². The van der Waals surface area contributed by atoms with Gasteiger partial charge in [0.2, 0.25) is 10.0 Å². The third kappa shape index (κ3) is 5.81. The quantitative estimate of drug-likeness (QED) is 0.672. The fourth-order valence-corrected chi connectivity index (χ4v) is 5.17. The lowest BCUT2D eigenvalue weighted by atomic mass is 10.1. The van der Waals surface area contributed by atoms with Gasteiger partial charge in [-0.2, -0.15) is 13.1 Å². The molecule has 1 aliphatic heterocycles. The van der Waals surface area contributed by atoms with Crippen LogP contribution in [-0.2, 0) is 14.8 Å². The second-order valence-electron chi connectivity index (χ2n) is 7.75. The lowest BCUT2D eigenvalue weighted by molar-refractivity contribution is -0.0499. The fourth-order valence-electron chi connectivity index (χ4n) is 3.58. The molecule has 10 heteroatoms. The smallest absolute Gasteiger partial charge is 0.387 e. The molecule has 32 heavy (non-hydrogen) atoms. The first-order valence-corrected chi connectivity index (χ1v) is 11.6. The maximum absolute atomic E-state index is 12.9. The number of halogens is 2. The normalized spacial score (nSPS) is 20.7. The maximum Gasteiger partial charge on any atom is 0.387 e. The second-order valence-corrected chi connectivity index (χ2v) is 9.69. The average molecular weight is 469 g/mol. The zero-order chi connectivity index (χ0) is 23.5. The minimum Gasteiger partial charge on any atom is -0.435 e. The summed E-state index contributed by atoms with van der Waals surface area (Å²) < 4.78 is 62.1. The van der Waals surface area contributed by atoms with E-state index in [1.54, 1.807) is 19.1 Å². The van der Waals surface area contributed by atoms with Crippen LogP contribution in [0.15, 0.2) is 53.4 Å². The molecule has 0 aromatic heterocycles. The number of amides is 1. The summed E-state index contributed by atoms with van der Waals surface area (Å²) in [6, 6.07) is 11.3. The molecule has 1 amide bonds. The largest absolute Gasteiger partial charge is 0.435 e. The third-order valence-corrected chi connectivity index (χ3v) is 6.92. The molecule has 1 fully saturated rings. The molecule has 1 aliphatic rings. The summed E-state index contributed by atoms with van der Waals surface area (Å²) in [7, 11) is -3.70. The van der Waals surface area contributed by atoms with Crippen LogP contribution < -0.4 is 10.1 Å². The highest BCUT2D eigenvalue weighted by Gasteiger charge is 2.32. The second kappa shape index (κ2) is 9.93. The van der Waals surface area contributed by atoms with Crippen LogP contribution in [0, 0.1) is 0 Å². The van der Waals surface area contributed by atoms with Crippen LogP contribution in [0.2, 0.25) is 0 Å². The van der Waals surface area contributed by atoms with Crippen molar-refractivity contribution in [2.24, 2.45) is 0 Å². The highest BCUT2D eigenvalue weighted by atomic mass is 32.2. The Kier molecular flexibility index (Phi) is 7.47. The molecule has 0 spiro atoms. The van der Waals surface area contributed by atoms with Crippen molar-refractivity contribution in [2.45, 2.75) is 50.5 Å². The number of carbonyl (C=O) groups is 1. The number of benzene rings is 2. The molecule has 3 unspecified atom stereocenters. The lowest BCUT2D eigenvalue weighted by Gasteiger charge is -2.34. The third-order valence-electron chi connectivity index (χ3n) is 5.07. The first kappa shape index (κ1) is 24.1. The monoisotopic (exact) mass is 468 g/mol. The molecular formula is C22H26F2N2O5S. The van der Waals surface area contributed by atoms with Crippen molar-refractivity contribution in [3.63, 3.8) is 0 Å². The highest BCUT2D eigenvalue weighted by molar-refractivity contribution is 7.89. The van der Waals surface area contributed by atoms with Gasteiger partial charge in [-0.05, 0) is 62.7 Å². The van der Waals surface area contributed by atoms with E-state index >= 15 is 0 Å². The number of ether oxygens (including phenoxy) is 2. The molecule has 3 atom stereocenters. The van der Waals surface area contributed by atoms with Gasteiger partial charge in [0.1, 0.15) is 5.75 Å². The average Bonchev–Trinajstić information content (AvgIpc) is 2.72. The van der Waals surface area contributed by atoms with Crippen molar-refractivity contribution >= 4 is 15.9 Å². The van der Waals surface area contributed by atoms with E-state index in [0.29, 0.717) is 5.56 Å². The number of sulfonamides is 1. The fraction of sp³-hybridized carbons (Fsp3) is 0.409. The van der Waals surface area contributed by atoms with E-state index in [9.17, 15) is 22.0 Å². The van der Waals surface area contributed by atoms with Crippen molar-refractivity contribution in [1.29, 1.82) is 0 Å². The van der Waals surface area contributed by atoms with E-state index in [1.807, 2.05) is 13.8 Å². The van der Waals surface area contributed by atoms with Gasteiger partial charge in [0.15, 0.2) is 0 Å². The number of nitrogens with one attached hydrogen (secondary N) is 1. The molecule has 2 aromatic rings. The Balaban J connectivity index is 1.68. The summed E-state index contributed by atoms with van der Waals surface area (Å²) in [5, 5.41) is 2.77. The number of morpholine rings is 1. The van der Waals surface area contributed by atoms with Crippen molar-refractivity contribution < 1.29 is 31.5 Å². The van der Waals surface area contributed by atoms with Crippen molar-refractivity contribution in [3.05, 3.63) is 59.7 Å². The van der Waals surface area contributed by atoms with Gasteiger partial charge in [-0.25, -0.2) is 8.42 Å². The summed E-state index contributed by atoms with van der Waals surface area (Å²) in [5.41, 5.74) is 0.866. The van der Waals surface area contributed by atoms with Gasteiger partial charge in [0, 0.05) is 18.7 Å². The molecule has 0 aliphatic carbocycles. The Bertz CT molecular complexity index is 1040. The molecule has 0 bridgehead atoms. The zero-order valence-electron chi connectivity index (χ0n) is 18.0. The van der Waals surface area contributed by atoms with Gasteiger partial charge >= 0.3 is 6.61 Å². The predicted molar refractivity (Wildman–Crippen MR) is 114 cm³/mol. The molecule has 2 aromatic carbocycles. The first-order valence-electron chi connectivity index (χ1n) is 10.2. The summed E-state index contributed by atoms with van der Waals surface area (Å²) in [4.78, 5) is 12.7. The van der Waals surface area contributed by atoms with Gasteiger partial charge in [0.25, 0.3) is 5.91 Å². The van der Waals surface area contributed by atoms with Crippen molar-refractivity contribution in [1.82, 2.24) is 9.62 Å².